The van der Waals surface area contributed by atoms with Gasteiger partial charge in [0.1, 0.15) is 16.7 Å². The number of carbonyl (C=O) groups is 5. The SMILES string of the molecule is CCOC(=O)[C@@H](C)C[C@H](Cc1ccccc1)NC(=O)c1csc([C@@H](C[C@H](C(C)C)N(C)C(=O)[C@H](CCC(C)C)NC(=O)[C@H]2CCCCN2C)OC(C)=O)n1. The quantitative estimate of drug-likeness (QED) is 0.156. The van der Waals surface area contributed by atoms with E-state index in [1.54, 1.807) is 31.2 Å². The lowest BCUT2D eigenvalue weighted by molar-refractivity contribution is -0.149. The van der Waals surface area contributed by atoms with E-state index in [4.69, 9.17) is 9.47 Å². The summed E-state index contributed by atoms with van der Waals surface area (Å²) in [4.78, 5) is 74.6. The van der Waals surface area contributed by atoms with Crippen molar-refractivity contribution in [1.29, 1.82) is 0 Å². The fourth-order valence-corrected chi connectivity index (χ4v) is 7.88. The second-order valence-electron chi connectivity index (χ2n) is 15.4. The number of ether oxygens (including phenoxy) is 2. The van der Waals surface area contributed by atoms with Gasteiger partial charge < -0.3 is 25.0 Å². The first-order valence-corrected chi connectivity index (χ1v) is 20.4. The number of nitrogens with one attached hydrogen (secondary N) is 2. The molecule has 6 atom stereocenters. The van der Waals surface area contributed by atoms with Gasteiger partial charge in [-0.25, -0.2) is 4.98 Å². The van der Waals surface area contributed by atoms with Crippen molar-refractivity contribution >= 4 is 41.0 Å². The molecule has 0 unspecified atom stereocenters. The van der Waals surface area contributed by atoms with Gasteiger partial charge in [0, 0.05) is 37.9 Å². The van der Waals surface area contributed by atoms with E-state index in [2.05, 4.69) is 34.4 Å². The molecule has 0 saturated carbocycles. The molecule has 2 N–H and O–H groups in total. The van der Waals surface area contributed by atoms with Crippen LogP contribution in [0, 0.1) is 17.8 Å². The molecule has 300 valence electrons. The van der Waals surface area contributed by atoms with Gasteiger partial charge in [0.2, 0.25) is 11.8 Å². The van der Waals surface area contributed by atoms with Gasteiger partial charge in [-0.2, -0.15) is 0 Å². The second-order valence-corrected chi connectivity index (χ2v) is 16.3. The van der Waals surface area contributed by atoms with Crippen molar-refractivity contribution in [2.75, 3.05) is 27.2 Å². The number of esters is 2. The lowest BCUT2D eigenvalue weighted by atomic mass is 9.94. The molecule has 1 saturated heterocycles. The Balaban J connectivity index is 1.81. The first-order valence-electron chi connectivity index (χ1n) is 19.5. The average Bonchev–Trinajstić information content (AvgIpc) is 3.62. The summed E-state index contributed by atoms with van der Waals surface area (Å²) in [5.41, 5.74) is 1.18. The molecule has 0 spiro atoms. The number of likely N-dealkylation sites (tertiary alicyclic amines) is 1. The molecule has 1 aromatic carbocycles. The summed E-state index contributed by atoms with van der Waals surface area (Å²) in [6.07, 6.45) is 4.38. The van der Waals surface area contributed by atoms with Gasteiger partial charge in [-0.3, -0.25) is 28.9 Å². The Morgan fingerprint density at radius 2 is 1.70 bits per heavy atom. The van der Waals surface area contributed by atoms with Crippen LogP contribution in [0.5, 0.6) is 0 Å². The van der Waals surface area contributed by atoms with Crippen LogP contribution in [0.3, 0.4) is 0 Å². The van der Waals surface area contributed by atoms with Crippen molar-refractivity contribution < 1.29 is 33.4 Å². The van der Waals surface area contributed by atoms with Gasteiger partial charge >= 0.3 is 11.9 Å². The highest BCUT2D eigenvalue weighted by Gasteiger charge is 2.36. The average molecular weight is 770 g/mol. The Labute approximate surface area is 326 Å². The molecule has 0 bridgehead atoms. The Bertz CT molecular complexity index is 1520. The fraction of sp³-hybridized carbons (Fsp3) is 0.659. The van der Waals surface area contributed by atoms with E-state index >= 15 is 0 Å². The van der Waals surface area contributed by atoms with Crippen LogP contribution in [0.25, 0.3) is 0 Å². The summed E-state index contributed by atoms with van der Waals surface area (Å²) >= 11 is 1.21. The van der Waals surface area contributed by atoms with Gasteiger partial charge in [0.05, 0.1) is 18.6 Å². The largest absolute Gasteiger partial charge is 0.466 e. The van der Waals surface area contributed by atoms with E-state index in [-0.39, 0.29) is 60.5 Å². The number of hydrogen-bond donors (Lipinski definition) is 2. The first-order chi connectivity index (χ1) is 25.6. The molecule has 1 aromatic heterocycles. The fourth-order valence-electron chi connectivity index (χ4n) is 7.04. The molecule has 1 aliphatic rings. The molecule has 1 aliphatic heterocycles. The summed E-state index contributed by atoms with van der Waals surface area (Å²) in [5, 5.41) is 8.24. The minimum absolute atomic E-state index is 0.0363. The number of carbonyl (C=O) groups excluding carboxylic acids is 5. The lowest BCUT2D eigenvalue weighted by Gasteiger charge is -2.37. The maximum atomic E-state index is 14.2. The van der Waals surface area contributed by atoms with E-state index in [0.29, 0.717) is 30.2 Å². The third-order valence-electron chi connectivity index (χ3n) is 10.1. The molecule has 3 rings (SSSR count). The highest BCUT2D eigenvalue weighted by molar-refractivity contribution is 7.09. The van der Waals surface area contributed by atoms with Crippen LogP contribution in [0.4, 0.5) is 0 Å². The Morgan fingerprint density at radius 1 is 1.00 bits per heavy atom. The lowest BCUT2D eigenvalue weighted by Crippen LogP contribution is -2.56. The molecule has 1 fully saturated rings. The van der Waals surface area contributed by atoms with Crippen molar-refractivity contribution in [2.45, 2.75) is 130 Å². The molecule has 13 heteroatoms. The summed E-state index contributed by atoms with van der Waals surface area (Å²) < 4.78 is 11.0. The van der Waals surface area contributed by atoms with Crippen LogP contribution in [0.2, 0.25) is 0 Å². The van der Waals surface area contributed by atoms with E-state index in [1.807, 2.05) is 51.2 Å². The van der Waals surface area contributed by atoms with E-state index in [1.165, 1.54) is 18.3 Å². The predicted octanol–water partition coefficient (Wildman–Crippen LogP) is 5.96. The van der Waals surface area contributed by atoms with Gasteiger partial charge in [0.25, 0.3) is 5.91 Å². The molecule has 2 heterocycles. The van der Waals surface area contributed by atoms with E-state index < -0.39 is 29.9 Å². The van der Waals surface area contributed by atoms with Crippen LogP contribution in [-0.4, -0.2) is 95.9 Å². The van der Waals surface area contributed by atoms with Crippen LogP contribution in [0.1, 0.15) is 121 Å². The number of piperidine rings is 1. The molecule has 2 aromatic rings. The Hall–Kier alpha value is -3.84. The number of rotatable bonds is 20. The molecular weight excluding hydrogens is 707 g/mol. The summed E-state index contributed by atoms with van der Waals surface area (Å²) in [6.45, 7) is 14.2. The highest BCUT2D eigenvalue weighted by Crippen LogP contribution is 2.31. The van der Waals surface area contributed by atoms with Crippen LogP contribution < -0.4 is 10.6 Å². The molecule has 3 amide bonds. The van der Waals surface area contributed by atoms with Crippen molar-refractivity contribution in [3.63, 3.8) is 0 Å². The Morgan fingerprint density at radius 3 is 2.31 bits per heavy atom. The summed E-state index contributed by atoms with van der Waals surface area (Å²) in [7, 11) is 3.69. The monoisotopic (exact) mass is 769 g/mol. The first kappa shape index (κ1) is 44.6. The number of hydrogen-bond acceptors (Lipinski definition) is 10. The van der Waals surface area contributed by atoms with Gasteiger partial charge in [0.15, 0.2) is 6.10 Å². The number of thiazole rings is 1. The second kappa shape index (κ2) is 21.9. The van der Waals surface area contributed by atoms with Crippen molar-refractivity contribution in [2.24, 2.45) is 17.8 Å². The van der Waals surface area contributed by atoms with Crippen molar-refractivity contribution in [3.8, 4) is 0 Å². The normalized spacial score (nSPS) is 17.6. The molecular formula is C41H63N5O7S. The smallest absolute Gasteiger partial charge is 0.308 e. The Kier molecular flexibility index (Phi) is 18.1. The number of aromatic nitrogens is 1. The van der Waals surface area contributed by atoms with Crippen LogP contribution in [-0.2, 0) is 35.1 Å². The predicted molar refractivity (Wildman–Crippen MR) is 211 cm³/mol. The number of likely N-dealkylation sites (N-methyl/N-ethyl adjacent to an activating group) is 2. The van der Waals surface area contributed by atoms with Crippen LogP contribution in [0.15, 0.2) is 35.7 Å². The molecule has 12 nitrogen and oxygen atoms in total. The summed E-state index contributed by atoms with van der Waals surface area (Å²) in [6, 6.07) is 8.02. The van der Waals surface area contributed by atoms with E-state index in [0.717, 1.165) is 37.8 Å². The van der Waals surface area contributed by atoms with Gasteiger partial charge in [-0.1, -0.05) is 71.4 Å². The number of nitrogens with zero attached hydrogens (tertiary/aromatic N) is 3. The number of amides is 3. The topological polar surface area (TPSA) is 147 Å². The minimum Gasteiger partial charge on any atom is -0.466 e. The zero-order valence-corrected chi connectivity index (χ0v) is 34.6. The maximum absolute atomic E-state index is 14.2. The third-order valence-corrected chi connectivity index (χ3v) is 11.1. The zero-order valence-electron chi connectivity index (χ0n) is 33.8. The number of benzene rings is 1. The molecule has 0 aliphatic carbocycles. The maximum Gasteiger partial charge on any atom is 0.308 e. The highest BCUT2D eigenvalue weighted by atomic mass is 32.1. The molecule has 54 heavy (non-hydrogen) atoms. The van der Waals surface area contributed by atoms with E-state index in [9.17, 15) is 24.0 Å². The van der Waals surface area contributed by atoms with Crippen molar-refractivity contribution in [1.82, 2.24) is 25.4 Å². The molecule has 0 radical (unpaired) electrons. The van der Waals surface area contributed by atoms with Gasteiger partial charge in [-0.15, -0.1) is 11.3 Å². The standard InChI is InChI=1S/C41H63N5O7S/c1-10-52-41(51)28(6)22-31(23-30-16-12-11-13-17-30)42-37(48)33-25-54-39(44-33)36(53-29(7)47)24-35(27(4)5)46(9)40(50)32(20-19-26(2)3)43-38(49)34-18-14-15-21-45(34)8/h11-13,16-17,25-28,31-32,34-36H,10,14-15,18-24H2,1-9H3,(H,42,48)(H,43,49)/t28-,31+,32-,34+,35+,36+/m0/s1. The summed E-state index contributed by atoms with van der Waals surface area (Å²) in [5.74, 6) is -1.67. The van der Waals surface area contributed by atoms with Crippen molar-refractivity contribution in [3.05, 3.63) is 52.0 Å². The third kappa shape index (κ3) is 13.8. The van der Waals surface area contributed by atoms with Crippen LogP contribution >= 0.6 is 11.3 Å². The minimum atomic E-state index is -0.819. The van der Waals surface area contributed by atoms with Gasteiger partial charge in [-0.05, 0) is 76.4 Å². The zero-order chi connectivity index (χ0) is 39.9.